The van der Waals surface area contributed by atoms with E-state index in [-0.39, 0.29) is 43.2 Å². The quantitative estimate of drug-likeness (QED) is 0.211. The van der Waals surface area contributed by atoms with Crippen LogP contribution in [0.2, 0.25) is 0 Å². The zero-order valence-corrected chi connectivity index (χ0v) is 32.6. The van der Waals surface area contributed by atoms with Gasteiger partial charge in [0.05, 0.1) is 24.2 Å². The molecule has 0 unspecified atom stereocenters. The molecule has 14 nitrogen and oxygen atoms in total. The summed E-state index contributed by atoms with van der Waals surface area (Å²) in [7, 11) is -2.56. The number of alkyl carbamates (subject to hydrolysis) is 1. The summed E-state index contributed by atoms with van der Waals surface area (Å²) in [5.41, 5.74) is 0.950. The molecule has 3 aliphatic rings. The summed E-state index contributed by atoms with van der Waals surface area (Å²) >= 11 is 0. The van der Waals surface area contributed by atoms with Crippen molar-refractivity contribution in [1.29, 1.82) is 0 Å². The number of carbonyl (C=O) groups is 3. The first-order valence-corrected chi connectivity index (χ1v) is 20.0. The van der Waals surface area contributed by atoms with Gasteiger partial charge in [0, 0.05) is 39.0 Å². The molecule has 0 bridgehead atoms. The molecular formula is C37H52F2N6O8S. The molecule has 1 spiro atoms. The highest BCUT2D eigenvalue weighted by Gasteiger charge is 2.44. The summed E-state index contributed by atoms with van der Waals surface area (Å²) in [6, 6.07) is 6.83. The fourth-order valence-corrected chi connectivity index (χ4v) is 7.44. The topological polar surface area (TPSA) is 168 Å². The third-order valence-corrected chi connectivity index (χ3v) is 11.2. The molecule has 1 aromatic carbocycles. The van der Waals surface area contributed by atoms with Gasteiger partial charge in [-0.15, -0.1) is 0 Å². The van der Waals surface area contributed by atoms with Gasteiger partial charge in [0.1, 0.15) is 29.7 Å². The van der Waals surface area contributed by atoms with Crippen molar-refractivity contribution in [2.45, 2.75) is 90.7 Å². The summed E-state index contributed by atoms with van der Waals surface area (Å²) in [4.78, 5) is 47.0. The van der Waals surface area contributed by atoms with Gasteiger partial charge in [0.25, 0.3) is 11.8 Å². The van der Waals surface area contributed by atoms with Gasteiger partial charge in [-0.25, -0.2) is 31.8 Å². The maximum atomic E-state index is 13.9. The van der Waals surface area contributed by atoms with E-state index in [0.717, 1.165) is 12.8 Å². The van der Waals surface area contributed by atoms with Gasteiger partial charge >= 0.3 is 12.1 Å². The number of methoxy groups -OCH3 is 1. The number of sulfonamides is 1. The van der Waals surface area contributed by atoms with Crippen LogP contribution in [0, 0.1) is 11.3 Å². The molecule has 298 valence electrons. The van der Waals surface area contributed by atoms with Crippen LogP contribution in [0.4, 0.5) is 36.5 Å². The molecule has 2 aromatic rings. The van der Waals surface area contributed by atoms with Crippen LogP contribution < -0.4 is 29.9 Å². The zero-order valence-electron chi connectivity index (χ0n) is 31.8. The third kappa shape index (κ3) is 10.8. The number of alkyl halides is 2. The Balaban J connectivity index is 1.28. The molecule has 0 radical (unpaired) electrons. The van der Waals surface area contributed by atoms with Crippen LogP contribution in [-0.4, -0.2) is 94.6 Å². The fraction of sp³-hybridized carbons (Fsp3) is 0.622. The minimum Gasteiger partial charge on any atom is -0.493 e. The Morgan fingerprint density at radius 2 is 1.59 bits per heavy atom. The second-order valence-corrected chi connectivity index (χ2v) is 17.5. The van der Waals surface area contributed by atoms with Crippen molar-refractivity contribution in [3.8, 4) is 5.75 Å². The number of benzene rings is 1. The monoisotopic (exact) mass is 778 g/mol. The molecule has 5 rings (SSSR count). The van der Waals surface area contributed by atoms with E-state index in [1.165, 1.54) is 32.1 Å². The molecule has 2 amide bonds. The van der Waals surface area contributed by atoms with Crippen molar-refractivity contribution in [1.82, 2.24) is 10.3 Å². The first-order valence-electron chi connectivity index (χ1n) is 18.3. The summed E-state index contributed by atoms with van der Waals surface area (Å²) in [5, 5.41) is 5.42. The average molecular weight is 779 g/mol. The van der Waals surface area contributed by atoms with Crippen LogP contribution in [-0.2, 0) is 24.3 Å². The van der Waals surface area contributed by atoms with Crippen molar-refractivity contribution in [2.75, 3.05) is 65.5 Å². The predicted octanol–water partition coefficient (Wildman–Crippen LogP) is 5.79. The SMILES string of the molecule is COc1ccc(C(=O)Nc2ccc(NS(=O)(=O)CCOC(=O)[C@@H](NC(=O)OC(C)(C)C)C(C)C)cc2N2CCC3(CC2)CC3)nc1N1CCC(F)(F)CC1. The van der Waals surface area contributed by atoms with Crippen LogP contribution in [0.15, 0.2) is 30.3 Å². The summed E-state index contributed by atoms with van der Waals surface area (Å²) in [6.45, 7) is 9.60. The van der Waals surface area contributed by atoms with Gasteiger partial charge in [-0.05, 0) is 88.1 Å². The first kappa shape index (κ1) is 40.8. The molecule has 3 N–H and O–H groups in total. The zero-order chi connectivity index (χ0) is 39.5. The predicted molar refractivity (Wildman–Crippen MR) is 201 cm³/mol. The van der Waals surface area contributed by atoms with Crippen LogP contribution in [0.3, 0.4) is 0 Å². The van der Waals surface area contributed by atoms with Gasteiger partial charge in [-0.1, -0.05) is 13.8 Å². The fourth-order valence-electron chi connectivity index (χ4n) is 6.55. The molecule has 1 atom stereocenters. The van der Waals surface area contributed by atoms with Gasteiger partial charge in [-0.3, -0.25) is 9.52 Å². The summed E-state index contributed by atoms with van der Waals surface area (Å²) in [6.07, 6.45) is 2.86. The van der Waals surface area contributed by atoms with Crippen molar-refractivity contribution in [3.05, 3.63) is 36.0 Å². The number of amides is 2. The Kier molecular flexibility index (Phi) is 12.2. The maximum Gasteiger partial charge on any atom is 0.408 e. The summed E-state index contributed by atoms with van der Waals surface area (Å²) < 4.78 is 72.5. The lowest BCUT2D eigenvalue weighted by molar-refractivity contribution is -0.146. The Labute approximate surface area is 315 Å². The first-order chi connectivity index (χ1) is 25.3. The van der Waals surface area contributed by atoms with E-state index in [9.17, 15) is 31.6 Å². The van der Waals surface area contributed by atoms with E-state index < -0.39 is 57.9 Å². The lowest BCUT2D eigenvalue weighted by Crippen LogP contribution is -2.47. The van der Waals surface area contributed by atoms with Crippen molar-refractivity contribution in [2.24, 2.45) is 11.3 Å². The van der Waals surface area contributed by atoms with Crippen LogP contribution >= 0.6 is 0 Å². The second-order valence-electron chi connectivity index (χ2n) is 15.7. The lowest BCUT2D eigenvalue weighted by atomic mass is 9.93. The Bertz CT molecular complexity index is 1800. The highest BCUT2D eigenvalue weighted by molar-refractivity contribution is 7.92. The van der Waals surface area contributed by atoms with E-state index in [0.29, 0.717) is 41.4 Å². The standard InChI is InChI=1S/C37H52F2N6O8S/c1-24(2)30(42-34(48)53-35(3,4)5)33(47)52-21-22-54(49,50)43-25-7-8-26(28(23-25)44-17-13-36(11-12-36)14-18-44)41-32(46)27-9-10-29(51-6)31(40-27)45-19-15-37(38,39)16-20-45/h7-10,23-24,30,43H,11-22H2,1-6H3,(H,41,46)(H,42,48)/t30-/m0/s1. The Morgan fingerprint density at radius 1 is 0.944 bits per heavy atom. The average Bonchev–Trinajstić information content (AvgIpc) is 3.85. The van der Waals surface area contributed by atoms with Gasteiger partial charge in [-0.2, -0.15) is 0 Å². The van der Waals surface area contributed by atoms with Crippen LogP contribution in [0.5, 0.6) is 5.75 Å². The molecule has 54 heavy (non-hydrogen) atoms. The molecule has 1 saturated carbocycles. The number of rotatable bonds is 13. The number of aromatic nitrogens is 1. The molecule has 3 heterocycles. The molecule has 1 aromatic heterocycles. The molecule has 17 heteroatoms. The van der Waals surface area contributed by atoms with Crippen molar-refractivity contribution < 1.29 is 45.8 Å². The number of esters is 1. The van der Waals surface area contributed by atoms with Gasteiger partial charge in [0.2, 0.25) is 10.0 Å². The molecule has 2 aliphatic heterocycles. The number of pyridine rings is 1. The van der Waals surface area contributed by atoms with Crippen molar-refractivity contribution in [3.63, 3.8) is 0 Å². The highest BCUT2D eigenvalue weighted by Crippen LogP contribution is 2.54. The minimum absolute atomic E-state index is 0.0602. The number of nitrogens with zero attached hydrogens (tertiary/aromatic N) is 3. The van der Waals surface area contributed by atoms with E-state index in [4.69, 9.17) is 14.2 Å². The highest BCUT2D eigenvalue weighted by atomic mass is 32.2. The second kappa shape index (κ2) is 16.1. The number of halogens is 2. The largest absolute Gasteiger partial charge is 0.493 e. The Morgan fingerprint density at radius 3 is 2.19 bits per heavy atom. The number of nitrogens with one attached hydrogen (secondary N) is 3. The summed E-state index contributed by atoms with van der Waals surface area (Å²) in [5.74, 6) is -4.30. The molecule has 2 saturated heterocycles. The number of hydrogen-bond acceptors (Lipinski definition) is 11. The van der Waals surface area contributed by atoms with Crippen LogP contribution in [0.1, 0.15) is 83.6 Å². The smallest absolute Gasteiger partial charge is 0.408 e. The maximum absolute atomic E-state index is 13.9. The van der Waals surface area contributed by atoms with E-state index >= 15 is 0 Å². The van der Waals surface area contributed by atoms with Gasteiger partial charge < -0.3 is 34.6 Å². The molecular weight excluding hydrogens is 727 g/mol. The molecule has 3 fully saturated rings. The third-order valence-electron chi connectivity index (χ3n) is 9.92. The van der Waals surface area contributed by atoms with Crippen molar-refractivity contribution >= 4 is 50.9 Å². The number of piperidine rings is 2. The number of ether oxygens (including phenoxy) is 3. The number of hydrogen-bond donors (Lipinski definition) is 3. The minimum atomic E-state index is -4.01. The van der Waals surface area contributed by atoms with E-state index in [2.05, 4.69) is 25.2 Å². The van der Waals surface area contributed by atoms with Crippen LogP contribution in [0.25, 0.3) is 0 Å². The lowest BCUT2D eigenvalue weighted by Gasteiger charge is -2.35. The number of carbonyl (C=O) groups excluding carboxylic acids is 3. The van der Waals surface area contributed by atoms with E-state index in [1.807, 2.05) is 0 Å². The number of anilines is 4. The molecule has 1 aliphatic carbocycles. The van der Waals surface area contributed by atoms with Gasteiger partial charge in [0.15, 0.2) is 11.6 Å². The Hall–Kier alpha value is -4.41. The normalized spacial score (nSPS) is 18.5. The van der Waals surface area contributed by atoms with E-state index in [1.54, 1.807) is 57.7 Å².